The van der Waals surface area contributed by atoms with Crippen molar-refractivity contribution in [3.05, 3.63) is 23.4 Å². The molecular weight excluding hydrogens is 240 g/mol. The number of halogens is 1. The number of aromatic nitrogens is 1. The third-order valence-corrected chi connectivity index (χ3v) is 2.96. The molecule has 2 rings (SSSR count). The van der Waals surface area contributed by atoms with Crippen LogP contribution in [0.5, 0.6) is 5.88 Å². The number of amides is 1. The number of nitrogens with zero attached hydrogens (tertiary/aromatic N) is 2. The fourth-order valence-corrected chi connectivity index (χ4v) is 1.87. The lowest BCUT2D eigenvalue weighted by molar-refractivity contribution is -0.140. The van der Waals surface area contributed by atoms with Crippen LogP contribution in [-0.2, 0) is 4.79 Å². The van der Waals surface area contributed by atoms with Gasteiger partial charge in [0.1, 0.15) is 11.1 Å². The van der Waals surface area contributed by atoms with Gasteiger partial charge in [-0.2, -0.15) is 0 Å². The summed E-state index contributed by atoms with van der Waals surface area (Å²) in [6.45, 7) is 3.26. The van der Waals surface area contributed by atoms with E-state index in [0.29, 0.717) is 30.4 Å². The maximum atomic E-state index is 11.5. The van der Waals surface area contributed by atoms with E-state index in [1.165, 1.54) is 0 Å². The highest BCUT2D eigenvalue weighted by Crippen LogP contribution is 2.24. The van der Waals surface area contributed by atoms with Crippen molar-refractivity contribution in [2.24, 2.45) is 0 Å². The van der Waals surface area contributed by atoms with Gasteiger partial charge in [-0.1, -0.05) is 18.5 Å². The van der Waals surface area contributed by atoms with Gasteiger partial charge in [-0.05, 0) is 18.6 Å². The van der Waals surface area contributed by atoms with Crippen molar-refractivity contribution < 1.29 is 9.53 Å². The normalized spacial score (nSPS) is 15.5. The Morgan fingerprint density at radius 2 is 2.41 bits per heavy atom. The van der Waals surface area contributed by atoms with E-state index >= 15 is 0 Å². The number of pyridine rings is 1. The highest BCUT2D eigenvalue weighted by molar-refractivity contribution is 6.31. The van der Waals surface area contributed by atoms with E-state index in [1.807, 2.05) is 6.92 Å². The topological polar surface area (TPSA) is 42.4 Å². The van der Waals surface area contributed by atoms with Crippen molar-refractivity contribution in [3.8, 4) is 5.88 Å². The van der Waals surface area contributed by atoms with E-state index in [2.05, 4.69) is 4.98 Å². The molecular formula is C12H15ClN2O2. The average Bonchev–Trinajstić information content (AvgIpc) is 2.25. The van der Waals surface area contributed by atoms with Crippen LogP contribution in [0.15, 0.2) is 18.3 Å². The van der Waals surface area contributed by atoms with Gasteiger partial charge in [0.05, 0.1) is 13.1 Å². The fraction of sp³-hybridized carbons (Fsp3) is 0.500. The van der Waals surface area contributed by atoms with Crippen LogP contribution in [-0.4, -0.2) is 35.0 Å². The smallest absolute Gasteiger partial charge is 0.232 e. The van der Waals surface area contributed by atoms with E-state index in [9.17, 15) is 4.79 Å². The minimum absolute atomic E-state index is 0.0169. The number of carbonyl (C=O) groups is 1. The van der Waals surface area contributed by atoms with Crippen LogP contribution in [0.3, 0.4) is 0 Å². The van der Waals surface area contributed by atoms with Crippen LogP contribution in [0.25, 0.3) is 0 Å². The molecule has 1 aliphatic rings. The Bertz CT molecular complexity index is 405. The van der Waals surface area contributed by atoms with Gasteiger partial charge in [0.2, 0.25) is 11.8 Å². The number of carbonyl (C=O) groups excluding carboxylic acids is 1. The monoisotopic (exact) mass is 254 g/mol. The third-order valence-electron chi connectivity index (χ3n) is 2.67. The van der Waals surface area contributed by atoms with Crippen LogP contribution < -0.4 is 4.74 Å². The summed E-state index contributed by atoms with van der Waals surface area (Å²) in [7, 11) is 0. The first-order valence-corrected chi connectivity index (χ1v) is 6.13. The summed E-state index contributed by atoms with van der Waals surface area (Å²) < 4.78 is 5.60. The lowest BCUT2D eigenvalue weighted by Crippen LogP contribution is -2.56. The third kappa shape index (κ3) is 2.88. The predicted octanol–water partition coefficient (Wildman–Crippen LogP) is 2.12. The first kappa shape index (κ1) is 12.2. The van der Waals surface area contributed by atoms with Gasteiger partial charge in [-0.15, -0.1) is 0 Å². The summed E-state index contributed by atoms with van der Waals surface area (Å²) in [5.41, 5.74) is 0. The number of hydrogen-bond acceptors (Lipinski definition) is 3. The standard InChI is InChI=1S/C12H15ClN2O2/c1-2-4-11(16)15-7-9(8-15)17-12-10(13)5-3-6-14-12/h3,5-6,9H,2,4,7-8H2,1H3. The largest absolute Gasteiger partial charge is 0.470 e. The summed E-state index contributed by atoms with van der Waals surface area (Å²) >= 11 is 5.93. The molecule has 1 fully saturated rings. The molecule has 5 heteroatoms. The molecule has 0 atom stereocenters. The van der Waals surface area contributed by atoms with Crippen molar-refractivity contribution in [1.82, 2.24) is 9.88 Å². The highest BCUT2D eigenvalue weighted by atomic mass is 35.5. The molecule has 17 heavy (non-hydrogen) atoms. The summed E-state index contributed by atoms with van der Waals surface area (Å²) in [5.74, 6) is 0.640. The summed E-state index contributed by atoms with van der Waals surface area (Å²) in [6, 6.07) is 3.50. The molecule has 2 heterocycles. The predicted molar refractivity (Wildman–Crippen MR) is 65.2 cm³/mol. The van der Waals surface area contributed by atoms with Crippen LogP contribution in [0.4, 0.5) is 0 Å². The molecule has 1 aliphatic heterocycles. The Morgan fingerprint density at radius 1 is 1.65 bits per heavy atom. The maximum absolute atomic E-state index is 11.5. The van der Waals surface area contributed by atoms with Crippen LogP contribution in [0.2, 0.25) is 5.02 Å². The zero-order valence-corrected chi connectivity index (χ0v) is 10.5. The fourth-order valence-electron chi connectivity index (χ4n) is 1.70. The van der Waals surface area contributed by atoms with Gasteiger partial charge in [-0.3, -0.25) is 4.79 Å². The Kier molecular flexibility index (Phi) is 3.84. The van der Waals surface area contributed by atoms with E-state index in [4.69, 9.17) is 16.3 Å². The quantitative estimate of drug-likeness (QED) is 0.827. The molecule has 0 saturated carbocycles. The summed E-state index contributed by atoms with van der Waals surface area (Å²) in [4.78, 5) is 17.4. The summed E-state index contributed by atoms with van der Waals surface area (Å²) in [6.07, 6.45) is 3.15. The van der Waals surface area contributed by atoms with Gasteiger partial charge in [0.15, 0.2) is 0 Å². The summed E-state index contributed by atoms with van der Waals surface area (Å²) in [5, 5.41) is 0.505. The van der Waals surface area contributed by atoms with Crippen LogP contribution >= 0.6 is 11.6 Å². The number of ether oxygens (including phenoxy) is 1. The molecule has 92 valence electrons. The molecule has 1 saturated heterocycles. The highest BCUT2D eigenvalue weighted by Gasteiger charge is 2.32. The zero-order chi connectivity index (χ0) is 12.3. The molecule has 1 aromatic heterocycles. The van der Waals surface area contributed by atoms with Gasteiger partial charge < -0.3 is 9.64 Å². The van der Waals surface area contributed by atoms with Gasteiger partial charge in [0.25, 0.3) is 0 Å². The molecule has 4 nitrogen and oxygen atoms in total. The van der Waals surface area contributed by atoms with E-state index < -0.39 is 0 Å². The molecule has 0 aliphatic carbocycles. The van der Waals surface area contributed by atoms with Gasteiger partial charge in [0, 0.05) is 12.6 Å². The van der Waals surface area contributed by atoms with Crippen molar-refractivity contribution in [3.63, 3.8) is 0 Å². The van der Waals surface area contributed by atoms with Crippen molar-refractivity contribution in [2.45, 2.75) is 25.9 Å². The van der Waals surface area contributed by atoms with Crippen molar-refractivity contribution in [2.75, 3.05) is 13.1 Å². The second-order valence-corrected chi connectivity index (χ2v) is 4.49. The lowest BCUT2D eigenvalue weighted by Gasteiger charge is -2.38. The van der Waals surface area contributed by atoms with Crippen molar-refractivity contribution >= 4 is 17.5 Å². The Labute approximate surface area is 106 Å². The minimum atomic E-state index is 0.0169. The average molecular weight is 255 g/mol. The molecule has 0 unspecified atom stereocenters. The van der Waals surface area contributed by atoms with E-state index in [0.717, 1.165) is 6.42 Å². The second-order valence-electron chi connectivity index (χ2n) is 4.08. The maximum Gasteiger partial charge on any atom is 0.232 e. The zero-order valence-electron chi connectivity index (χ0n) is 9.73. The molecule has 0 N–H and O–H groups in total. The number of hydrogen-bond donors (Lipinski definition) is 0. The first-order valence-electron chi connectivity index (χ1n) is 5.75. The molecule has 0 radical (unpaired) electrons. The number of likely N-dealkylation sites (tertiary alicyclic amines) is 1. The Hall–Kier alpha value is -1.29. The molecule has 0 bridgehead atoms. The SMILES string of the molecule is CCCC(=O)N1CC(Oc2ncccc2Cl)C1. The minimum Gasteiger partial charge on any atom is -0.470 e. The van der Waals surface area contributed by atoms with Crippen LogP contribution in [0, 0.1) is 0 Å². The van der Waals surface area contributed by atoms with Crippen molar-refractivity contribution in [1.29, 1.82) is 0 Å². The lowest BCUT2D eigenvalue weighted by atomic mass is 10.1. The molecule has 1 amide bonds. The molecule has 1 aromatic rings. The Morgan fingerprint density at radius 3 is 3.06 bits per heavy atom. The number of rotatable bonds is 4. The van der Waals surface area contributed by atoms with Gasteiger partial charge >= 0.3 is 0 Å². The Balaban J connectivity index is 1.81. The molecule has 0 aromatic carbocycles. The second kappa shape index (κ2) is 5.36. The van der Waals surface area contributed by atoms with Gasteiger partial charge in [-0.25, -0.2) is 4.98 Å². The van der Waals surface area contributed by atoms with Crippen LogP contribution in [0.1, 0.15) is 19.8 Å². The van der Waals surface area contributed by atoms with E-state index in [1.54, 1.807) is 23.2 Å². The van der Waals surface area contributed by atoms with E-state index in [-0.39, 0.29) is 12.0 Å². The first-order chi connectivity index (χ1) is 8.20. The molecule has 0 spiro atoms.